The Bertz CT molecular complexity index is 355. The zero-order valence-electron chi connectivity index (χ0n) is 9.71. The summed E-state index contributed by atoms with van der Waals surface area (Å²) in [4.78, 5) is 11.2. The third kappa shape index (κ3) is 2.82. The van der Waals surface area contributed by atoms with E-state index in [1.54, 1.807) is 0 Å². The fourth-order valence-electron chi connectivity index (χ4n) is 1.64. The van der Waals surface area contributed by atoms with Gasteiger partial charge >= 0.3 is 0 Å². The van der Waals surface area contributed by atoms with E-state index in [0.29, 0.717) is 6.42 Å². The Hall–Kier alpha value is -1.31. The third-order valence-corrected chi connectivity index (χ3v) is 2.80. The van der Waals surface area contributed by atoms with Crippen LogP contribution < -0.4 is 5.73 Å². The largest absolute Gasteiger partial charge is 0.369 e. The standard InChI is InChI=1S/C13H19NO/c1-4-10-7-5-6-8-11(10)9-13(2,3)12(14)15/h5-8H,4,9H2,1-3H3,(H2,14,15). The van der Waals surface area contributed by atoms with Gasteiger partial charge in [-0.15, -0.1) is 0 Å². The predicted molar refractivity (Wildman–Crippen MR) is 62.5 cm³/mol. The second-order valence-electron chi connectivity index (χ2n) is 4.55. The first-order chi connectivity index (χ1) is 6.97. The summed E-state index contributed by atoms with van der Waals surface area (Å²) in [5.74, 6) is -0.242. The van der Waals surface area contributed by atoms with Crippen LogP contribution in [-0.2, 0) is 17.6 Å². The lowest BCUT2D eigenvalue weighted by atomic mass is 9.83. The minimum absolute atomic E-state index is 0.242. The van der Waals surface area contributed by atoms with Gasteiger partial charge < -0.3 is 5.73 Å². The van der Waals surface area contributed by atoms with Gasteiger partial charge in [-0.05, 0) is 24.0 Å². The van der Waals surface area contributed by atoms with Crippen LogP contribution >= 0.6 is 0 Å². The molecule has 2 nitrogen and oxygen atoms in total. The topological polar surface area (TPSA) is 43.1 Å². The van der Waals surface area contributed by atoms with Crippen LogP contribution in [0.5, 0.6) is 0 Å². The van der Waals surface area contributed by atoms with Crippen LogP contribution in [0.4, 0.5) is 0 Å². The highest BCUT2D eigenvalue weighted by molar-refractivity contribution is 5.80. The SMILES string of the molecule is CCc1ccccc1CC(C)(C)C(N)=O. The van der Waals surface area contributed by atoms with Crippen molar-refractivity contribution in [1.82, 2.24) is 0 Å². The summed E-state index contributed by atoms with van der Waals surface area (Å²) in [6, 6.07) is 8.21. The molecule has 0 saturated heterocycles. The van der Waals surface area contributed by atoms with Crippen LogP contribution in [0.1, 0.15) is 31.9 Å². The Kier molecular flexibility index (Phi) is 3.51. The van der Waals surface area contributed by atoms with Gasteiger partial charge in [0.1, 0.15) is 0 Å². The zero-order chi connectivity index (χ0) is 11.5. The molecule has 1 amide bonds. The molecule has 0 fully saturated rings. The summed E-state index contributed by atoms with van der Waals surface area (Å²) in [6.45, 7) is 5.90. The molecule has 0 aliphatic heterocycles. The van der Waals surface area contributed by atoms with Crippen molar-refractivity contribution in [2.45, 2.75) is 33.6 Å². The molecule has 1 rings (SSSR count). The van der Waals surface area contributed by atoms with Crippen LogP contribution in [0.25, 0.3) is 0 Å². The molecule has 0 bridgehead atoms. The molecule has 0 heterocycles. The number of amides is 1. The van der Waals surface area contributed by atoms with Gasteiger partial charge in [-0.1, -0.05) is 45.0 Å². The highest BCUT2D eigenvalue weighted by atomic mass is 16.1. The maximum absolute atomic E-state index is 11.2. The maximum atomic E-state index is 11.2. The van der Waals surface area contributed by atoms with Crippen molar-refractivity contribution in [2.24, 2.45) is 11.1 Å². The van der Waals surface area contributed by atoms with Gasteiger partial charge in [-0.3, -0.25) is 4.79 Å². The number of carbonyl (C=O) groups is 1. The quantitative estimate of drug-likeness (QED) is 0.805. The number of rotatable bonds is 4. The van der Waals surface area contributed by atoms with Crippen LogP contribution in [-0.4, -0.2) is 5.91 Å². The average Bonchev–Trinajstić information content (AvgIpc) is 2.18. The number of primary amides is 1. The molecule has 0 spiro atoms. The Labute approximate surface area is 91.5 Å². The van der Waals surface area contributed by atoms with Gasteiger partial charge in [0.2, 0.25) is 5.91 Å². The molecule has 2 heteroatoms. The van der Waals surface area contributed by atoms with Crippen molar-refractivity contribution in [3.63, 3.8) is 0 Å². The average molecular weight is 205 g/mol. The molecule has 15 heavy (non-hydrogen) atoms. The molecule has 0 atom stereocenters. The van der Waals surface area contributed by atoms with Gasteiger partial charge in [0.25, 0.3) is 0 Å². The number of carbonyl (C=O) groups excluding carboxylic acids is 1. The highest BCUT2D eigenvalue weighted by Crippen LogP contribution is 2.23. The Balaban J connectivity index is 2.94. The first-order valence-electron chi connectivity index (χ1n) is 5.34. The first-order valence-corrected chi connectivity index (χ1v) is 5.34. The summed E-state index contributed by atoms with van der Waals surface area (Å²) >= 11 is 0. The number of hydrogen-bond acceptors (Lipinski definition) is 1. The van der Waals surface area contributed by atoms with E-state index in [4.69, 9.17) is 5.73 Å². The minimum Gasteiger partial charge on any atom is -0.369 e. The van der Waals surface area contributed by atoms with E-state index in [1.807, 2.05) is 26.0 Å². The molecule has 0 aliphatic rings. The first kappa shape index (κ1) is 11.8. The molecule has 2 N–H and O–H groups in total. The Morgan fingerprint density at radius 1 is 1.27 bits per heavy atom. The maximum Gasteiger partial charge on any atom is 0.223 e. The van der Waals surface area contributed by atoms with Crippen LogP contribution in [0.2, 0.25) is 0 Å². The van der Waals surface area contributed by atoms with E-state index in [-0.39, 0.29) is 5.91 Å². The van der Waals surface area contributed by atoms with E-state index in [1.165, 1.54) is 11.1 Å². The van der Waals surface area contributed by atoms with Crippen molar-refractivity contribution in [3.05, 3.63) is 35.4 Å². The highest BCUT2D eigenvalue weighted by Gasteiger charge is 2.25. The molecule has 0 radical (unpaired) electrons. The fraction of sp³-hybridized carbons (Fsp3) is 0.462. The van der Waals surface area contributed by atoms with Crippen molar-refractivity contribution in [1.29, 1.82) is 0 Å². The lowest BCUT2D eigenvalue weighted by Crippen LogP contribution is -2.33. The molecular formula is C13H19NO. The van der Waals surface area contributed by atoms with Crippen LogP contribution in [0, 0.1) is 5.41 Å². The predicted octanol–water partition coefficient (Wildman–Crippen LogP) is 2.30. The molecule has 0 unspecified atom stereocenters. The smallest absolute Gasteiger partial charge is 0.223 e. The molecule has 0 aromatic heterocycles. The minimum atomic E-state index is -0.467. The summed E-state index contributed by atoms with van der Waals surface area (Å²) in [6.07, 6.45) is 1.71. The monoisotopic (exact) mass is 205 g/mol. The number of benzene rings is 1. The van der Waals surface area contributed by atoms with E-state index >= 15 is 0 Å². The van der Waals surface area contributed by atoms with Gasteiger partial charge in [0, 0.05) is 5.41 Å². The lowest BCUT2D eigenvalue weighted by Gasteiger charge is -2.21. The van der Waals surface area contributed by atoms with E-state index in [0.717, 1.165) is 6.42 Å². The van der Waals surface area contributed by atoms with Crippen molar-refractivity contribution in [3.8, 4) is 0 Å². The van der Waals surface area contributed by atoms with Crippen molar-refractivity contribution >= 4 is 5.91 Å². The fourth-order valence-corrected chi connectivity index (χ4v) is 1.64. The second-order valence-corrected chi connectivity index (χ2v) is 4.55. The van der Waals surface area contributed by atoms with Crippen LogP contribution in [0.15, 0.2) is 24.3 Å². The molecule has 0 aliphatic carbocycles. The third-order valence-electron chi connectivity index (χ3n) is 2.80. The normalized spacial score (nSPS) is 11.4. The zero-order valence-corrected chi connectivity index (χ0v) is 9.71. The molecular weight excluding hydrogens is 186 g/mol. The lowest BCUT2D eigenvalue weighted by molar-refractivity contribution is -0.125. The van der Waals surface area contributed by atoms with Crippen molar-refractivity contribution in [2.75, 3.05) is 0 Å². The van der Waals surface area contributed by atoms with E-state index in [2.05, 4.69) is 19.1 Å². The number of aryl methyl sites for hydroxylation is 1. The molecule has 1 aromatic rings. The van der Waals surface area contributed by atoms with E-state index < -0.39 is 5.41 Å². The summed E-state index contributed by atoms with van der Waals surface area (Å²) in [5.41, 5.74) is 7.43. The number of hydrogen-bond donors (Lipinski definition) is 1. The molecule has 1 aromatic carbocycles. The Morgan fingerprint density at radius 3 is 2.27 bits per heavy atom. The van der Waals surface area contributed by atoms with Crippen molar-refractivity contribution < 1.29 is 4.79 Å². The van der Waals surface area contributed by atoms with Gasteiger partial charge in [-0.25, -0.2) is 0 Å². The van der Waals surface area contributed by atoms with Gasteiger partial charge in [0.05, 0.1) is 0 Å². The van der Waals surface area contributed by atoms with Gasteiger partial charge in [0.15, 0.2) is 0 Å². The summed E-state index contributed by atoms with van der Waals surface area (Å²) < 4.78 is 0. The number of nitrogens with two attached hydrogens (primary N) is 1. The van der Waals surface area contributed by atoms with Crippen LogP contribution in [0.3, 0.4) is 0 Å². The second kappa shape index (κ2) is 4.47. The van der Waals surface area contributed by atoms with E-state index in [9.17, 15) is 4.79 Å². The molecule has 0 saturated carbocycles. The summed E-state index contributed by atoms with van der Waals surface area (Å²) in [5, 5.41) is 0. The van der Waals surface area contributed by atoms with Gasteiger partial charge in [-0.2, -0.15) is 0 Å². The molecule has 82 valence electrons. The summed E-state index contributed by atoms with van der Waals surface area (Å²) in [7, 11) is 0. The Morgan fingerprint density at radius 2 is 1.80 bits per heavy atom.